The van der Waals surface area contributed by atoms with Crippen LogP contribution in [0.4, 0.5) is 0 Å². The van der Waals surface area contributed by atoms with E-state index >= 15 is 0 Å². The summed E-state index contributed by atoms with van der Waals surface area (Å²) in [5.74, 6) is 1.42. The highest BCUT2D eigenvalue weighted by Crippen LogP contribution is 2.27. The summed E-state index contributed by atoms with van der Waals surface area (Å²) in [6, 6.07) is 0. The number of hydrogen-bond donors (Lipinski definition) is 0. The third kappa shape index (κ3) is 1.82. The third-order valence-corrected chi connectivity index (χ3v) is 2.23. The van der Waals surface area contributed by atoms with Crippen LogP contribution in [-0.2, 0) is 0 Å². The van der Waals surface area contributed by atoms with E-state index in [2.05, 4.69) is 25.8 Å². The lowest BCUT2D eigenvalue weighted by molar-refractivity contribution is 0.406. The fourth-order valence-corrected chi connectivity index (χ4v) is 1.63. The van der Waals surface area contributed by atoms with Crippen LogP contribution in [-0.4, -0.2) is 12.1 Å². The Hall–Kier alpha value is -1.05. The molecular formula is C11H17NO. The van der Waals surface area contributed by atoms with Crippen molar-refractivity contribution in [1.29, 1.82) is 0 Å². The van der Waals surface area contributed by atoms with Gasteiger partial charge in [0, 0.05) is 23.0 Å². The Morgan fingerprint density at radius 3 is 2.38 bits per heavy atom. The molecule has 0 atom stereocenters. The Morgan fingerprint density at radius 1 is 1.31 bits per heavy atom. The van der Waals surface area contributed by atoms with Gasteiger partial charge in [0.2, 0.25) is 0 Å². The van der Waals surface area contributed by atoms with Crippen molar-refractivity contribution in [2.45, 2.75) is 33.6 Å². The first kappa shape index (κ1) is 10.0. The highest BCUT2D eigenvalue weighted by Gasteiger charge is 2.11. The second kappa shape index (κ2) is 3.77. The molecule has 1 aromatic heterocycles. The minimum Gasteiger partial charge on any atom is -0.496 e. The van der Waals surface area contributed by atoms with E-state index < -0.39 is 0 Å². The monoisotopic (exact) mass is 179 g/mol. The standard InChI is InChI=1S/C11H17NO/c1-7(2)10-9(4)11(13-5)8(3)6-12-10/h6-7H,1-5H3. The normalized spacial score (nSPS) is 10.6. The average Bonchev–Trinajstić information content (AvgIpc) is 2.04. The second-order valence-electron chi connectivity index (χ2n) is 3.64. The van der Waals surface area contributed by atoms with Crippen molar-refractivity contribution >= 4 is 0 Å². The van der Waals surface area contributed by atoms with Crippen LogP contribution in [0.5, 0.6) is 5.75 Å². The molecule has 0 bridgehead atoms. The molecule has 0 radical (unpaired) electrons. The molecule has 0 aromatic carbocycles. The summed E-state index contributed by atoms with van der Waals surface area (Å²) < 4.78 is 5.33. The summed E-state index contributed by atoms with van der Waals surface area (Å²) in [6.45, 7) is 8.37. The number of aromatic nitrogens is 1. The van der Waals surface area contributed by atoms with E-state index in [1.807, 2.05) is 13.1 Å². The molecule has 0 aliphatic rings. The molecule has 2 nitrogen and oxygen atoms in total. The molecule has 0 unspecified atom stereocenters. The summed E-state index contributed by atoms with van der Waals surface area (Å²) in [4.78, 5) is 4.41. The molecule has 0 saturated heterocycles. The van der Waals surface area contributed by atoms with Crippen molar-refractivity contribution in [3.63, 3.8) is 0 Å². The van der Waals surface area contributed by atoms with Crippen LogP contribution in [0.2, 0.25) is 0 Å². The first-order valence-corrected chi connectivity index (χ1v) is 4.58. The maximum absolute atomic E-state index is 5.33. The maximum Gasteiger partial charge on any atom is 0.128 e. The predicted molar refractivity (Wildman–Crippen MR) is 54.4 cm³/mol. The van der Waals surface area contributed by atoms with Crippen LogP contribution in [0.3, 0.4) is 0 Å². The number of ether oxygens (including phenoxy) is 1. The molecule has 13 heavy (non-hydrogen) atoms. The van der Waals surface area contributed by atoms with Crippen molar-refractivity contribution < 1.29 is 4.74 Å². The second-order valence-corrected chi connectivity index (χ2v) is 3.64. The lowest BCUT2D eigenvalue weighted by atomic mass is 10.0. The van der Waals surface area contributed by atoms with Gasteiger partial charge >= 0.3 is 0 Å². The molecule has 0 aliphatic heterocycles. The number of rotatable bonds is 2. The highest BCUT2D eigenvalue weighted by molar-refractivity contribution is 5.41. The van der Waals surface area contributed by atoms with Crippen LogP contribution in [0, 0.1) is 13.8 Å². The van der Waals surface area contributed by atoms with Crippen LogP contribution in [0.15, 0.2) is 6.20 Å². The Morgan fingerprint density at radius 2 is 1.92 bits per heavy atom. The molecule has 0 amide bonds. The summed E-state index contributed by atoms with van der Waals surface area (Å²) in [5.41, 5.74) is 3.39. The van der Waals surface area contributed by atoms with Gasteiger partial charge in [-0.3, -0.25) is 4.98 Å². The largest absolute Gasteiger partial charge is 0.496 e. The lowest BCUT2D eigenvalue weighted by Gasteiger charge is -2.13. The van der Waals surface area contributed by atoms with Gasteiger partial charge in [-0.25, -0.2) is 0 Å². The van der Waals surface area contributed by atoms with E-state index in [1.165, 1.54) is 0 Å². The zero-order chi connectivity index (χ0) is 10.0. The number of aryl methyl sites for hydroxylation is 1. The van der Waals surface area contributed by atoms with E-state index in [-0.39, 0.29) is 0 Å². The fourth-order valence-electron chi connectivity index (χ4n) is 1.63. The molecule has 1 rings (SSSR count). The van der Waals surface area contributed by atoms with Gasteiger partial charge in [-0.1, -0.05) is 13.8 Å². The summed E-state index contributed by atoms with van der Waals surface area (Å²) >= 11 is 0. The van der Waals surface area contributed by atoms with Crippen LogP contribution in [0.25, 0.3) is 0 Å². The molecule has 0 N–H and O–H groups in total. The van der Waals surface area contributed by atoms with E-state index in [1.54, 1.807) is 7.11 Å². The molecule has 0 spiro atoms. The Labute approximate surface area is 80.0 Å². The summed E-state index contributed by atoms with van der Waals surface area (Å²) in [5, 5.41) is 0. The van der Waals surface area contributed by atoms with E-state index in [4.69, 9.17) is 4.74 Å². The van der Waals surface area contributed by atoms with Gasteiger partial charge in [0.05, 0.1) is 7.11 Å². The Kier molecular flexibility index (Phi) is 2.91. The average molecular weight is 179 g/mol. The fraction of sp³-hybridized carbons (Fsp3) is 0.545. The topological polar surface area (TPSA) is 22.1 Å². The SMILES string of the molecule is COc1c(C)cnc(C(C)C)c1C. The van der Waals surface area contributed by atoms with Gasteiger partial charge in [0.1, 0.15) is 5.75 Å². The van der Waals surface area contributed by atoms with Crippen molar-refractivity contribution in [3.05, 3.63) is 23.0 Å². The zero-order valence-electron chi connectivity index (χ0n) is 9.01. The number of hydrogen-bond acceptors (Lipinski definition) is 2. The minimum absolute atomic E-state index is 0.453. The van der Waals surface area contributed by atoms with Crippen molar-refractivity contribution in [2.75, 3.05) is 7.11 Å². The zero-order valence-corrected chi connectivity index (χ0v) is 9.01. The van der Waals surface area contributed by atoms with E-state index in [9.17, 15) is 0 Å². The number of nitrogens with zero attached hydrogens (tertiary/aromatic N) is 1. The highest BCUT2D eigenvalue weighted by atomic mass is 16.5. The maximum atomic E-state index is 5.33. The molecule has 0 aliphatic carbocycles. The first-order valence-electron chi connectivity index (χ1n) is 4.58. The summed E-state index contributed by atoms with van der Waals surface area (Å²) in [7, 11) is 1.71. The minimum atomic E-state index is 0.453. The molecule has 2 heteroatoms. The Balaban J connectivity index is 3.27. The summed E-state index contributed by atoms with van der Waals surface area (Å²) in [6.07, 6.45) is 1.88. The smallest absolute Gasteiger partial charge is 0.128 e. The molecule has 72 valence electrons. The van der Waals surface area contributed by atoms with Crippen molar-refractivity contribution in [2.24, 2.45) is 0 Å². The molecule has 1 heterocycles. The molecule has 1 aromatic rings. The van der Waals surface area contributed by atoms with Crippen molar-refractivity contribution in [1.82, 2.24) is 4.98 Å². The van der Waals surface area contributed by atoms with Gasteiger partial charge in [0.25, 0.3) is 0 Å². The van der Waals surface area contributed by atoms with Crippen LogP contribution in [0.1, 0.15) is 36.6 Å². The first-order chi connectivity index (χ1) is 6.07. The van der Waals surface area contributed by atoms with Gasteiger partial charge < -0.3 is 4.74 Å². The van der Waals surface area contributed by atoms with Gasteiger partial charge in [-0.05, 0) is 19.8 Å². The third-order valence-electron chi connectivity index (χ3n) is 2.23. The number of pyridine rings is 1. The Bertz CT molecular complexity index is 305. The molecular weight excluding hydrogens is 162 g/mol. The van der Waals surface area contributed by atoms with Gasteiger partial charge in [0.15, 0.2) is 0 Å². The van der Waals surface area contributed by atoms with E-state index in [0.29, 0.717) is 5.92 Å². The lowest BCUT2D eigenvalue weighted by Crippen LogP contribution is -2.01. The molecule has 0 saturated carbocycles. The quantitative estimate of drug-likeness (QED) is 0.696. The predicted octanol–water partition coefficient (Wildman–Crippen LogP) is 2.83. The van der Waals surface area contributed by atoms with Gasteiger partial charge in [-0.2, -0.15) is 0 Å². The number of methoxy groups -OCH3 is 1. The van der Waals surface area contributed by atoms with Crippen molar-refractivity contribution in [3.8, 4) is 5.75 Å². The molecule has 0 fully saturated rings. The van der Waals surface area contributed by atoms with Gasteiger partial charge in [-0.15, -0.1) is 0 Å². The van der Waals surface area contributed by atoms with E-state index in [0.717, 1.165) is 22.6 Å². The van der Waals surface area contributed by atoms with Crippen LogP contribution >= 0.6 is 0 Å². The van der Waals surface area contributed by atoms with Crippen LogP contribution < -0.4 is 4.74 Å².